The van der Waals surface area contributed by atoms with E-state index in [4.69, 9.17) is 23.4 Å². The predicted octanol–water partition coefficient (Wildman–Crippen LogP) is 0.0671. The molecule has 0 amide bonds. The van der Waals surface area contributed by atoms with Gasteiger partial charge in [-0.2, -0.15) is 0 Å². The van der Waals surface area contributed by atoms with Gasteiger partial charge >= 0.3 is 0 Å². The van der Waals surface area contributed by atoms with E-state index in [-0.39, 0.29) is 22.8 Å². The molecule has 0 unspecified atom stereocenters. The number of ether oxygens (including phenoxy) is 4. The van der Waals surface area contributed by atoms with Crippen molar-refractivity contribution in [1.29, 1.82) is 0 Å². The van der Waals surface area contributed by atoms with Crippen molar-refractivity contribution in [2.24, 2.45) is 0 Å². The SMILES string of the molecule is COc1ccc(-c2oc3cc(O[C@@H]4O[C@H](CO)[C@@H](O)[C@H](O)[C@H]4O)c(OC)c(O)c3c(=O)c2O)cc1. The molecule has 1 saturated heterocycles. The standard InChI is InChI=1S/C23H24O12/c1-31-10-5-3-9(4-6-10)21-19(29)16(26)14-11(33-21)7-12(22(32-2)17(14)27)34-23-20(30)18(28)15(25)13(8-24)35-23/h3-7,13,15,18,20,23-25,27-30H,8H2,1-2H3/t13-,15-,18+,20-,23-/m1/s1. The van der Waals surface area contributed by atoms with Crippen LogP contribution in [0.2, 0.25) is 0 Å². The quantitative estimate of drug-likeness (QED) is 0.272. The highest BCUT2D eigenvalue weighted by Gasteiger charge is 2.45. The molecule has 2 aromatic carbocycles. The third-order valence-corrected chi connectivity index (χ3v) is 5.70. The van der Waals surface area contributed by atoms with Crippen molar-refractivity contribution in [3.63, 3.8) is 0 Å². The van der Waals surface area contributed by atoms with Gasteiger partial charge in [-0.1, -0.05) is 0 Å². The normalized spacial score (nSPS) is 24.3. The highest BCUT2D eigenvalue weighted by atomic mass is 16.7. The maximum atomic E-state index is 12.9. The Balaban J connectivity index is 1.82. The summed E-state index contributed by atoms with van der Waals surface area (Å²) < 4.78 is 26.9. The summed E-state index contributed by atoms with van der Waals surface area (Å²) in [5.74, 6) is -1.71. The monoisotopic (exact) mass is 492 g/mol. The fourth-order valence-corrected chi connectivity index (χ4v) is 3.80. The lowest BCUT2D eigenvalue weighted by Gasteiger charge is -2.39. The molecule has 1 aromatic heterocycles. The Morgan fingerprint density at radius 1 is 0.943 bits per heavy atom. The fourth-order valence-electron chi connectivity index (χ4n) is 3.80. The Hall–Kier alpha value is -3.55. The maximum absolute atomic E-state index is 12.9. The van der Waals surface area contributed by atoms with E-state index in [2.05, 4.69) is 0 Å². The van der Waals surface area contributed by atoms with Gasteiger partial charge in [0.1, 0.15) is 41.1 Å². The summed E-state index contributed by atoms with van der Waals surface area (Å²) in [6, 6.07) is 7.47. The number of aliphatic hydroxyl groups excluding tert-OH is 4. The Labute approximate surface area is 197 Å². The second-order valence-corrected chi connectivity index (χ2v) is 7.78. The summed E-state index contributed by atoms with van der Waals surface area (Å²) >= 11 is 0. The van der Waals surface area contributed by atoms with Gasteiger partial charge in [-0.3, -0.25) is 4.79 Å². The van der Waals surface area contributed by atoms with Crippen molar-refractivity contribution < 1.29 is 54.0 Å². The number of hydrogen-bond acceptors (Lipinski definition) is 12. The van der Waals surface area contributed by atoms with E-state index in [0.29, 0.717) is 11.3 Å². The lowest BCUT2D eigenvalue weighted by atomic mass is 9.99. The van der Waals surface area contributed by atoms with Gasteiger partial charge in [-0.15, -0.1) is 0 Å². The van der Waals surface area contributed by atoms with Crippen molar-refractivity contribution >= 4 is 11.0 Å². The van der Waals surface area contributed by atoms with Gasteiger partial charge < -0.3 is 54.0 Å². The first-order valence-corrected chi connectivity index (χ1v) is 10.4. The van der Waals surface area contributed by atoms with Crippen LogP contribution in [-0.4, -0.2) is 82.2 Å². The fraction of sp³-hybridized carbons (Fsp3) is 0.348. The summed E-state index contributed by atoms with van der Waals surface area (Å²) in [6.07, 6.45) is -7.88. The maximum Gasteiger partial charge on any atom is 0.238 e. The van der Waals surface area contributed by atoms with Crippen LogP contribution in [0, 0.1) is 0 Å². The number of phenolic OH excluding ortho intramolecular Hbond substituents is 1. The van der Waals surface area contributed by atoms with Gasteiger partial charge in [0.15, 0.2) is 17.3 Å². The van der Waals surface area contributed by atoms with Gasteiger partial charge in [-0.25, -0.2) is 0 Å². The minimum absolute atomic E-state index is 0.187. The number of rotatable bonds is 6. The van der Waals surface area contributed by atoms with Crippen LogP contribution in [0.4, 0.5) is 0 Å². The molecular formula is C23H24O12. The zero-order valence-corrected chi connectivity index (χ0v) is 18.6. The van der Waals surface area contributed by atoms with E-state index in [0.717, 1.165) is 0 Å². The average molecular weight is 492 g/mol. The molecule has 2 heterocycles. The molecule has 0 saturated carbocycles. The van der Waals surface area contributed by atoms with Crippen molar-refractivity contribution in [2.75, 3.05) is 20.8 Å². The molecule has 6 N–H and O–H groups in total. The predicted molar refractivity (Wildman–Crippen MR) is 119 cm³/mol. The molecule has 0 spiro atoms. The topological polar surface area (TPSA) is 189 Å². The number of aliphatic hydroxyl groups is 4. The Morgan fingerprint density at radius 3 is 2.23 bits per heavy atom. The number of aromatic hydroxyl groups is 2. The smallest absolute Gasteiger partial charge is 0.238 e. The third-order valence-electron chi connectivity index (χ3n) is 5.70. The van der Waals surface area contributed by atoms with Crippen LogP contribution in [0.25, 0.3) is 22.3 Å². The highest BCUT2D eigenvalue weighted by Crippen LogP contribution is 2.44. The van der Waals surface area contributed by atoms with Gasteiger partial charge in [0, 0.05) is 11.6 Å². The van der Waals surface area contributed by atoms with Crippen LogP contribution in [0.1, 0.15) is 0 Å². The van der Waals surface area contributed by atoms with Crippen molar-refractivity contribution in [3.05, 3.63) is 40.6 Å². The molecule has 12 nitrogen and oxygen atoms in total. The van der Waals surface area contributed by atoms with E-state index in [9.17, 15) is 35.4 Å². The molecule has 0 aliphatic carbocycles. The lowest BCUT2D eigenvalue weighted by molar-refractivity contribution is -0.277. The van der Waals surface area contributed by atoms with E-state index >= 15 is 0 Å². The molecule has 5 atom stereocenters. The van der Waals surface area contributed by atoms with Gasteiger partial charge in [0.05, 0.1) is 20.8 Å². The summed E-state index contributed by atoms with van der Waals surface area (Å²) in [7, 11) is 2.66. The molecule has 1 fully saturated rings. The number of methoxy groups -OCH3 is 2. The number of phenols is 1. The molecule has 0 bridgehead atoms. The second-order valence-electron chi connectivity index (χ2n) is 7.78. The molecule has 188 valence electrons. The summed E-state index contributed by atoms with van der Waals surface area (Å²) in [5.41, 5.74) is -0.794. The van der Waals surface area contributed by atoms with E-state index in [1.54, 1.807) is 24.3 Å². The summed E-state index contributed by atoms with van der Waals surface area (Å²) in [5, 5.41) is 60.5. The van der Waals surface area contributed by atoms with Crippen molar-refractivity contribution in [1.82, 2.24) is 0 Å². The molecule has 1 aliphatic rings. The summed E-state index contributed by atoms with van der Waals surface area (Å²) in [6.45, 7) is -0.676. The van der Waals surface area contributed by atoms with E-state index in [1.807, 2.05) is 0 Å². The van der Waals surface area contributed by atoms with Gasteiger partial charge in [0.2, 0.25) is 23.2 Å². The first-order chi connectivity index (χ1) is 16.7. The van der Waals surface area contributed by atoms with Crippen LogP contribution >= 0.6 is 0 Å². The zero-order valence-electron chi connectivity index (χ0n) is 18.6. The molecule has 0 radical (unpaired) electrons. The van der Waals surface area contributed by atoms with Crippen LogP contribution < -0.4 is 19.6 Å². The Kier molecular flexibility index (Phi) is 6.74. The minimum atomic E-state index is -1.74. The number of benzene rings is 2. The molecular weight excluding hydrogens is 468 g/mol. The highest BCUT2D eigenvalue weighted by molar-refractivity contribution is 5.91. The number of fused-ring (bicyclic) bond motifs is 1. The van der Waals surface area contributed by atoms with Crippen molar-refractivity contribution in [3.8, 4) is 40.1 Å². The van der Waals surface area contributed by atoms with Crippen LogP contribution in [0.3, 0.4) is 0 Å². The van der Waals surface area contributed by atoms with E-state index in [1.165, 1.54) is 20.3 Å². The number of hydrogen-bond donors (Lipinski definition) is 6. The molecule has 12 heteroatoms. The molecule has 35 heavy (non-hydrogen) atoms. The minimum Gasteiger partial charge on any atom is -0.504 e. The Morgan fingerprint density at radius 2 is 1.63 bits per heavy atom. The average Bonchev–Trinajstić information content (AvgIpc) is 2.86. The van der Waals surface area contributed by atoms with Crippen LogP contribution in [0.15, 0.2) is 39.5 Å². The molecule has 3 aromatic rings. The first kappa shape index (κ1) is 24.6. The zero-order chi connectivity index (χ0) is 25.4. The van der Waals surface area contributed by atoms with Gasteiger partial charge in [-0.05, 0) is 24.3 Å². The molecule has 1 aliphatic heterocycles. The summed E-state index contributed by atoms with van der Waals surface area (Å²) in [4.78, 5) is 12.9. The third kappa shape index (κ3) is 4.22. The molecule has 4 rings (SSSR count). The van der Waals surface area contributed by atoms with Gasteiger partial charge in [0.25, 0.3) is 0 Å². The van der Waals surface area contributed by atoms with Crippen LogP contribution in [-0.2, 0) is 4.74 Å². The first-order valence-electron chi connectivity index (χ1n) is 10.4. The Bertz CT molecular complexity index is 1270. The van der Waals surface area contributed by atoms with E-state index < -0.39 is 59.6 Å². The second kappa shape index (κ2) is 9.60. The van der Waals surface area contributed by atoms with Crippen LogP contribution in [0.5, 0.6) is 28.7 Å². The largest absolute Gasteiger partial charge is 0.504 e. The van der Waals surface area contributed by atoms with Crippen molar-refractivity contribution in [2.45, 2.75) is 30.7 Å². The lowest BCUT2D eigenvalue weighted by Crippen LogP contribution is -2.60.